The van der Waals surface area contributed by atoms with Crippen molar-refractivity contribution in [2.45, 2.75) is 38.8 Å². The average molecular weight is 352 g/mol. The summed E-state index contributed by atoms with van der Waals surface area (Å²) >= 11 is 0. The van der Waals surface area contributed by atoms with Gasteiger partial charge in [-0.25, -0.2) is 4.98 Å². The lowest BCUT2D eigenvalue weighted by molar-refractivity contribution is 0.0966. The summed E-state index contributed by atoms with van der Waals surface area (Å²) in [6.45, 7) is 3.94. The third-order valence-corrected chi connectivity index (χ3v) is 5.17. The van der Waals surface area contributed by atoms with Crippen molar-refractivity contribution in [1.29, 1.82) is 0 Å². The first-order chi connectivity index (χ1) is 12.7. The molecule has 0 aliphatic carbocycles. The Hall–Kier alpha value is -2.67. The van der Waals surface area contributed by atoms with E-state index in [1.165, 1.54) is 6.42 Å². The number of piperidine rings is 1. The standard InChI is InChI=1S/C19H24N6O/c1-12-6-2-3-8-14(12)22-17-16-15(11-21-18(16)26)23-19(24-17)25-9-5-4-7-13(25)10-20/h2-3,6,8,13H,4-5,7,9-11,20H2,1H3,(H,21,26)(H,22,23,24). The van der Waals surface area contributed by atoms with E-state index in [-0.39, 0.29) is 11.9 Å². The fourth-order valence-electron chi connectivity index (χ4n) is 3.68. The largest absolute Gasteiger partial charge is 0.346 e. The van der Waals surface area contributed by atoms with Crippen LogP contribution in [-0.4, -0.2) is 35.0 Å². The summed E-state index contributed by atoms with van der Waals surface area (Å²) < 4.78 is 0. The zero-order valence-corrected chi connectivity index (χ0v) is 15.0. The van der Waals surface area contributed by atoms with E-state index in [2.05, 4.69) is 20.5 Å². The fourth-order valence-corrected chi connectivity index (χ4v) is 3.68. The molecule has 1 aromatic carbocycles. The van der Waals surface area contributed by atoms with Gasteiger partial charge in [0.2, 0.25) is 5.95 Å². The molecule has 136 valence electrons. The predicted molar refractivity (Wildman–Crippen MR) is 102 cm³/mol. The lowest BCUT2D eigenvalue weighted by atomic mass is 10.0. The second-order valence-corrected chi connectivity index (χ2v) is 6.90. The molecule has 1 fully saturated rings. The lowest BCUT2D eigenvalue weighted by Gasteiger charge is -2.35. The number of fused-ring (bicyclic) bond motifs is 1. The van der Waals surface area contributed by atoms with Crippen molar-refractivity contribution < 1.29 is 4.79 Å². The van der Waals surface area contributed by atoms with Gasteiger partial charge in [-0.15, -0.1) is 0 Å². The number of carbonyl (C=O) groups excluding carboxylic acids is 1. The lowest BCUT2D eigenvalue weighted by Crippen LogP contribution is -2.45. The molecule has 0 saturated carbocycles. The number of nitrogens with zero attached hydrogens (tertiary/aromatic N) is 3. The van der Waals surface area contributed by atoms with Crippen LogP contribution in [0.25, 0.3) is 0 Å². The Bertz CT molecular complexity index is 837. The van der Waals surface area contributed by atoms with Crippen molar-refractivity contribution in [3.8, 4) is 0 Å². The summed E-state index contributed by atoms with van der Waals surface area (Å²) in [4.78, 5) is 23.9. The van der Waals surface area contributed by atoms with Crippen molar-refractivity contribution in [1.82, 2.24) is 15.3 Å². The molecule has 7 heteroatoms. The molecule has 2 aliphatic rings. The Morgan fingerprint density at radius 2 is 2.15 bits per heavy atom. The van der Waals surface area contributed by atoms with Crippen LogP contribution >= 0.6 is 0 Å². The highest BCUT2D eigenvalue weighted by Crippen LogP contribution is 2.30. The van der Waals surface area contributed by atoms with Gasteiger partial charge >= 0.3 is 0 Å². The minimum atomic E-state index is -0.128. The van der Waals surface area contributed by atoms with Crippen molar-refractivity contribution in [3.63, 3.8) is 0 Å². The molecule has 1 saturated heterocycles. The first kappa shape index (κ1) is 16.8. The molecular weight excluding hydrogens is 328 g/mol. The monoisotopic (exact) mass is 352 g/mol. The van der Waals surface area contributed by atoms with E-state index < -0.39 is 0 Å². The van der Waals surface area contributed by atoms with Crippen LogP contribution in [0, 0.1) is 6.92 Å². The molecule has 1 amide bonds. The van der Waals surface area contributed by atoms with Gasteiger partial charge in [0.25, 0.3) is 5.91 Å². The average Bonchev–Trinajstić information content (AvgIpc) is 3.04. The smallest absolute Gasteiger partial charge is 0.257 e. The number of aromatic nitrogens is 2. The molecule has 0 bridgehead atoms. The highest BCUT2D eigenvalue weighted by atomic mass is 16.2. The molecule has 1 atom stereocenters. The van der Waals surface area contributed by atoms with E-state index in [1.807, 2.05) is 31.2 Å². The summed E-state index contributed by atoms with van der Waals surface area (Å²) in [5, 5.41) is 6.20. The molecule has 0 radical (unpaired) electrons. The first-order valence-corrected chi connectivity index (χ1v) is 9.16. The molecule has 4 N–H and O–H groups in total. The van der Waals surface area contributed by atoms with E-state index in [1.54, 1.807) is 0 Å². The highest BCUT2D eigenvalue weighted by molar-refractivity contribution is 6.03. The molecular formula is C19H24N6O. The van der Waals surface area contributed by atoms with Gasteiger partial charge in [-0.1, -0.05) is 18.2 Å². The van der Waals surface area contributed by atoms with Gasteiger partial charge < -0.3 is 21.3 Å². The van der Waals surface area contributed by atoms with Crippen molar-refractivity contribution in [3.05, 3.63) is 41.1 Å². The Morgan fingerprint density at radius 1 is 1.31 bits per heavy atom. The molecule has 7 nitrogen and oxygen atoms in total. The van der Waals surface area contributed by atoms with Gasteiger partial charge in [-0.3, -0.25) is 4.79 Å². The van der Waals surface area contributed by atoms with E-state index in [0.717, 1.165) is 36.3 Å². The zero-order valence-electron chi connectivity index (χ0n) is 15.0. The van der Waals surface area contributed by atoms with Gasteiger partial charge in [0, 0.05) is 24.8 Å². The third kappa shape index (κ3) is 2.99. The number of benzene rings is 1. The molecule has 0 spiro atoms. The van der Waals surface area contributed by atoms with Crippen LogP contribution in [0.2, 0.25) is 0 Å². The third-order valence-electron chi connectivity index (χ3n) is 5.17. The molecule has 2 aromatic rings. The van der Waals surface area contributed by atoms with E-state index in [9.17, 15) is 4.79 Å². The Labute approximate surface area is 153 Å². The van der Waals surface area contributed by atoms with Crippen molar-refractivity contribution in [2.75, 3.05) is 23.3 Å². The second-order valence-electron chi connectivity index (χ2n) is 6.90. The number of hydrogen-bond donors (Lipinski definition) is 3. The number of rotatable bonds is 4. The molecule has 3 heterocycles. The van der Waals surface area contributed by atoms with Gasteiger partial charge in [-0.2, -0.15) is 4.98 Å². The van der Waals surface area contributed by atoms with Gasteiger partial charge in [0.15, 0.2) is 0 Å². The zero-order chi connectivity index (χ0) is 18.1. The van der Waals surface area contributed by atoms with E-state index in [0.29, 0.717) is 30.4 Å². The summed E-state index contributed by atoms with van der Waals surface area (Å²) in [6.07, 6.45) is 3.33. The summed E-state index contributed by atoms with van der Waals surface area (Å²) in [5.74, 6) is 1.10. The topological polar surface area (TPSA) is 96.2 Å². The van der Waals surface area contributed by atoms with Crippen LogP contribution in [-0.2, 0) is 6.54 Å². The first-order valence-electron chi connectivity index (χ1n) is 9.16. The summed E-state index contributed by atoms with van der Waals surface area (Å²) in [6, 6.07) is 8.22. The minimum Gasteiger partial charge on any atom is -0.346 e. The molecule has 26 heavy (non-hydrogen) atoms. The van der Waals surface area contributed by atoms with Gasteiger partial charge in [0.05, 0.1) is 12.2 Å². The summed E-state index contributed by atoms with van der Waals surface area (Å²) in [7, 11) is 0. The maximum absolute atomic E-state index is 12.3. The van der Waals surface area contributed by atoms with Crippen LogP contribution in [0.3, 0.4) is 0 Å². The van der Waals surface area contributed by atoms with Gasteiger partial charge in [-0.05, 0) is 37.8 Å². The number of para-hydroxylation sites is 1. The van der Waals surface area contributed by atoms with E-state index >= 15 is 0 Å². The van der Waals surface area contributed by atoms with Crippen LogP contribution in [0.4, 0.5) is 17.5 Å². The van der Waals surface area contributed by atoms with Crippen LogP contribution in [0.5, 0.6) is 0 Å². The molecule has 1 aromatic heterocycles. The normalized spacial score (nSPS) is 19.2. The molecule has 1 unspecified atom stereocenters. The number of hydrogen-bond acceptors (Lipinski definition) is 6. The SMILES string of the molecule is Cc1ccccc1Nc1nc(N2CCCCC2CN)nc2c1C(=O)NC2. The van der Waals surface area contributed by atoms with Crippen LogP contribution in [0.1, 0.15) is 40.9 Å². The predicted octanol–water partition coefficient (Wildman–Crippen LogP) is 2.09. The second kappa shape index (κ2) is 6.92. The number of aryl methyl sites for hydroxylation is 1. The Kier molecular flexibility index (Phi) is 4.46. The maximum Gasteiger partial charge on any atom is 0.257 e. The Morgan fingerprint density at radius 3 is 2.96 bits per heavy atom. The maximum atomic E-state index is 12.3. The van der Waals surface area contributed by atoms with Crippen LogP contribution < -0.4 is 21.3 Å². The van der Waals surface area contributed by atoms with Crippen LogP contribution in [0.15, 0.2) is 24.3 Å². The summed E-state index contributed by atoms with van der Waals surface area (Å²) in [5.41, 5.74) is 9.29. The number of anilines is 3. The number of amides is 1. The minimum absolute atomic E-state index is 0.128. The van der Waals surface area contributed by atoms with E-state index in [4.69, 9.17) is 10.7 Å². The quantitative estimate of drug-likeness (QED) is 0.780. The van der Waals surface area contributed by atoms with Crippen molar-refractivity contribution in [2.24, 2.45) is 5.73 Å². The fraction of sp³-hybridized carbons (Fsp3) is 0.421. The molecule has 2 aliphatic heterocycles. The highest BCUT2D eigenvalue weighted by Gasteiger charge is 2.30. The number of nitrogens with two attached hydrogens (primary N) is 1. The number of nitrogens with one attached hydrogen (secondary N) is 2. The Balaban J connectivity index is 1.76. The number of carbonyl (C=O) groups is 1. The van der Waals surface area contributed by atoms with Crippen molar-refractivity contribution >= 4 is 23.4 Å². The molecule has 4 rings (SSSR count). The van der Waals surface area contributed by atoms with Gasteiger partial charge in [0.1, 0.15) is 11.4 Å².